The first kappa shape index (κ1) is 15.0. The number of benzene rings is 1. The van der Waals surface area contributed by atoms with Gasteiger partial charge in [0.15, 0.2) is 0 Å². The van der Waals surface area contributed by atoms with Gasteiger partial charge in [-0.2, -0.15) is 0 Å². The van der Waals surface area contributed by atoms with E-state index in [0.717, 1.165) is 5.69 Å². The van der Waals surface area contributed by atoms with Crippen LogP contribution in [0.2, 0.25) is 5.02 Å². The molecule has 94 valence electrons. The van der Waals surface area contributed by atoms with E-state index >= 15 is 0 Å². The van der Waals surface area contributed by atoms with Gasteiger partial charge in [-0.25, -0.2) is 9.59 Å². The van der Waals surface area contributed by atoms with Crippen LogP contribution < -0.4 is 16.0 Å². The number of carboxylic acid groups (broad SMARTS) is 2. The van der Waals surface area contributed by atoms with Gasteiger partial charge in [-0.05, 0) is 12.1 Å². The van der Waals surface area contributed by atoms with Gasteiger partial charge in [-0.15, -0.1) is 0 Å². The normalized spacial score (nSPS) is 8.65. The van der Waals surface area contributed by atoms with Crippen molar-refractivity contribution in [3.8, 4) is 5.75 Å². The Bertz CT molecular complexity index is 398. The van der Waals surface area contributed by atoms with Gasteiger partial charge in [0.2, 0.25) is 0 Å². The molecule has 0 heterocycles. The maximum absolute atomic E-state index is 9.10. The first-order valence-corrected chi connectivity index (χ1v) is 4.56. The van der Waals surface area contributed by atoms with Crippen LogP contribution in [0.5, 0.6) is 5.75 Å². The average Bonchev–Trinajstić information content (AvgIpc) is 2.30. The first-order valence-electron chi connectivity index (χ1n) is 4.18. The highest BCUT2D eigenvalue weighted by molar-refractivity contribution is 6.32. The number of hydrogen-bond donors (Lipinski definition) is 4. The van der Waals surface area contributed by atoms with Crippen molar-refractivity contribution in [2.45, 2.75) is 0 Å². The zero-order valence-corrected chi connectivity index (χ0v) is 9.56. The van der Waals surface area contributed by atoms with Crippen LogP contribution in [0, 0.1) is 0 Å². The smallest absolute Gasteiger partial charge is 0.414 e. The number of methoxy groups -OCH3 is 1. The fourth-order valence-corrected chi connectivity index (χ4v) is 0.944. The number of ether oxygens (including phenoxy) is 1. The molecule has 0 unspecified atom stereocenters. The van der Waals surface area contributed by atoms with Crippen LogP contribution in [0.3, 0.4) is 0 Å². The number of hydrazine groups is 1. The quantitative estimate of drug-likeness (QED) is 0.353. The summed E-state index contributed by atoms with van der Waals surface area (Å²) in [6.07, 6.45) is 0. The van der Waals surface area contributed by atoms with Gasteiger partial charge in [0.1, 0.15) is 5.75 Å². The standard InChI is InChI=1S/C7H9ClN2O.C2H2O4/c1-11-7-4-5(10-9)2-3-6(7)8;3-1(4)2(5)6/h2-4,10H,9H2,1H3;(H,3,4)(H,5,6). The number of nitrogens with two attached hydrogens (primary N) is 1. The molecule has 1 aromatic rings. The average molecular weight is 263 g/mol. The molecule has 0 aliphatic heterocycles. The Labute approximate surface area is 102 Å². The zero-order valence-electron chi connectivity index (χ0n) is 8.81. The molecule has 17 heavy (non-hydrogen) atoms. The number of carboxylic acids is 2. The Morgan fingerprint density at radius 1 is 1.35 bits per heavy atom. The Morgan fingerprint density at radius 2 is 1.88 bits per heavy atom. The molecule has 0 aliphatic rings. The van der Waals surface area contributed by atoms with Gasteiger partial charge in [0.05, 0.1) is 17.8 Å². The molecule has 7 nitrogen and oxygen atoms in total. The number of hydrogen-bond acceptors (Lipinski definition) is 5. The van der Waals surface area contributed by atoms with Gasteiger partial charge in [0, 0.05) is 6.07 Å². The number of nitrogen functional groups attached to an aromatic ring is 1. The van der Waals surface area contributed by atoms with E-state index in [-0.39, 0.29) is 0 Å². The molecular formula is C9H11ClN2O5. The lowest BCUT2D eigenvalue weighted by molar-refractivity contribution is -0.159. The van der Waals surface area contributed by atoms with Crippen molar-refractivity contribution in [1.82, 2.24) is 0 Å². The SMILES string of the molecule is COc1cc(NN)ccc1Cl.O=C(O)C(=O)O. The molecule has 0 aromatic heterocycles. The van der Waals surface area contributed by atoms with Gasteiger partial charge < -0.3 is 20.4 Å². The number of rotatable bonds is 2. The predicted octanol–water partition coefficient (Wildman–Crippen LogP) is 0.790. The molecule has 0 radical (unpaired) electrons. The highest BCUT2D eigenvalue weighted by Crippen LogP contribution is 2.26. The van der Waals surface area contributed by atoms with Gasteiger partial charge in [0.25, 0.3) is 0 Å². The number of aliphatic carboxylic acids is 2. The first-order chi connectivity index (χ1) is 7.92. The molecule has 5 N–H and O–H groups in total. The molecular weight excluding hydrogens is 252 g/mol. The summed E-state index contributed by atoms with van der Waals surface area (Å²) in [5, 5.41) is 15.4. The van der Waals surface area contributed by atoms with Gasteiger partial charge in [-0.3, -0.25) is 5.84 Å². The largest absolute Gasteiger partial charge is 0.495 e. The Balaban J connectivity index is 0.000000366. The summed E-state index contributed by atoms with van der Waals surface area (Å²) in [7, 11) is 1.56. The van der Waals surface area contributed by atoms with E-state index in [1.807, 2.05) is 0 Å². The van der Waals surface area contributed by atoms with Crippen molar-refractivity contribution < 1.29 is 24.5 Å². The fourth-order valence-electron chi connectivity index (χ4n) is 0.750. The van der Waals surface area contributed by atoms with Crippen molar-refractivity contribution in [1.29, 1.82) is 0 Å². The van der Waals surface area contributed by atoms with E-state index in [0.29, 0.717) is 10.8 Å². The van der Waals surface area contributed by atoms with Crippen LogP contribution in [0.1, 0.15) is 0 Å². The third-order valence-electron chi connectivity index (χ3n) is 1.50. The van der Waals surface area contributed by atoms with Gasteiger partial charge >= 0.3 is 11.9 Å². The molecule has 0 amide bonds. The monoisotopic (exact) mass is 262 g/mol. The van der Waals surface area contributed by atoms with Crippen molar-refractivity contribution in [2.75, 3.05) is 12.5 Å². The van der Waals surface area contributed by atoms with Crippen molar-refractivity contribution in [3.63, 3.8) is 0 Å². The molecule has 1 rings (SSSR count). The highest BCUT2D eigenvalue weighted by Gasteiger charge is 2.04. The van der Waals surface area contributed by atoms with Crippen LogP contribution in [-0.4, -0.2) is 29.3 Å². The summed E-state index contributed by atoms with van der Waals surface area (Å²) in [6, 6.07) is 5.21. The second kappa shape index (κ2) is 7.31. The zero-order chi connectivity index (χ0) is 13.4. The lowest BCUT2D eigenvalue weighted by atomic mass is 10.3. The molecule has 0 bridgehead atoms. The number of carbonyl (C=O) groups is 2. The van der Waals surface area contributed by atoms with Crippen LogP contribution in [-0.2, 0) is 9.59 Å². The van der Waals surface area contributed by atoms with E-state index in [9.17, 15) is 0 Å². The lowest BCUT2D eigenvalue weighted by Crippen LogP contribution is -2.09. The molecule has 0 fully saturated rings. The maximum Gasteiger partial charge on any atom is 0.414 e. The second-order valence-corrected chi connectivity index (χ2v) is 3.01. The van der Waals surface area contributed by atoms with E-state index in [2.05, 4.69) is 5.43 Å². The number of anilines is 1. The maximum atomic E-state index is 9.10. The topological polar surface area (TPSA) is 122 Å². The lowest BCUT2D eigenvalue weighted by Gasteiger charge is -2.04. The van der Waals surface area contributed by atoms with Crippen LogP contribution in [0.15, 0.2) is 18.2 Å². The van der Waals surface area contributed by atoms with E-state index in [4.69, 9.17) is 42.0 Å². The third-order valence-corrected chi connectivity index (χ3v) is 1.81. The molecule has 1 aromatic carbocycles. The third kappa shape index (κ3) is 5.59. The van der Waals surface area contributed by atoms with Gasteiger partial charge in [-0.1, -0.05) is 11.6 Å². The number of halogens is 1. The van der Waals surface area contributed by atoms with E-state index < -0.39 is 11.9 Å². The molecule has 0 saturated carbocycles. The molecule has 0 atom stereocenters. The Morgan fingerprint density at radius 3 is 2.24 bits per heavy atom. The molecule has 8 heteroatoms. The molecule has 0 aliphatic carbocycles. The molecule has 0 spiro atoms. The Hall–Kier alpha value is -1.99. The van der Waals surface area contributed by atoms with Crippen molar-refractivity contribution >= 4 is 29.2 Å². The van der Waals surface area contributed by atoms with Crippen LogP contribution >= 0.6 is 11.6 Å². The minimum atomic E-state index is -1.82. The molecule has 0 saturated heterocycles. The van der Waals surface area contributed by atoms with E-state index in [1.54, 1.807) is 25.3 Å². The van der Waals surface area contributed by atoms with Crippen LogP contribution in [0.4, 0.5) is 5.69 Å². The second-order valence-electron chi connectivity index (χ2n) is 2.60. The summed E-state index contributed by atoms with van der Waals surface area (Å²) in [4.78, 5) is 18.2. The minimum absolute atomic E-state index is 0.575. The summed E-state index contributed by atoms with van der Waals surface area (Å²) in [5.74, 6) is 2.14. The minimum Gasteiger partial charge on any atom is -0.495 e. The predicted molar refractivity (Wildman–Crippen MR) is 61.1 cm³/mol. The summed E-state index contributed by atoms with van der Waals surface area (Å²) in [6.45, 7) is 0. The van der Waals surface area contributed by atoms with Crippen molar-refractivity contribution in [2.24, 2.45) is 5.84 Å². The summed E-state index contributed by atoms with van der Waals surface area (Å²) >= 11 is 5.76. The summed E-state index contributed by atoms with van der Waals surface area (Å²) in [5.41, 5.74) is 3.26. The van der Waals surface area contributed by atoms with Crippen molar-refractivity contribution in [3.05, 3.63) is 23.2 Å². The van der Waals surface area contributed by atoms with Crippen LogP contribution in [0.25, 0.3) is 0 Å². The summed E-state index contributed by atoms with van der Waals surface area (Å²) < 4.78 is 4.96. The number of nitrogens with one attached hydrogen (secondary N) is 1. The van der Waals surface area contributed by atoms with E-state index in [1.165, 1.54) is 0 Å². The fraction of sp³-hybridized carbons (Fsp3) is 0.111. The Kier molecular flexibility index (Phi) is 6.46. The highest BCUT2D eigenvalue weighted by atomic mass is 35.5.